The minimum absolute atomic E-state index is 0.142. The Kier molecular flexibility index (Phi) is 53.4. The van der Waals surface area contributed by atoms with E-state index in [-0.39, 0.29) is 25.9 Å². The molecule has 0 aliphatic carbocycles. The van der Waals surface area contributed by atoms with E-state index in [1.807, 2.05) is 0 Å². The predicted octanol–water partition coefficient (Wildman–Crippen LogP) is 17.5. The van der Waals surface area contributed by atoms with Gasteiger partial charge in [0.2, 0.25) is 0 Å². The number of rotatable bonds is 54. The number of ether oxygens (including phenoxy) is 3. The first kappa shape index (κ1) is 70.7. The Morgan fingerprint density at radius 1 is 0.392 bits per heavy atom. The molecule has 0 aromatic rings. The molecule has 3 unspecified atom stereocenters. The van der Waals surface area contributed by atoms with Crippen molar-refractivity contribution in [3.8, 4) is 0 Å². The van der Waals surface area contributed by atoms with Crippen LogP contribution in [0.3, 0.4) is 0 Å². The van der Waals surface area contributed by atoms with Gasteiger partial charge in [-0.3, -0.25) is 23.4 Å². The number of unbranched alkanes of at least 4 members (excludes halogenated alkanes) is 23. The summed E-state index contributed by atoms with van der Waals surface area (Å²) in [7, 11) is -4.76. The molecule has 0 saturated heterocycles. The second kappa shape index (κ2) is 55.9. The van der Waals surface area contributed by atoms with Crippen molar-refractivity contribution >= 4 is 25.7 Å². The van der Waals surface area contributed by atoms with E-state index >= 15 is 0 Å². The highest BCUT2D eigenvalue weighted by Gasteiger charge is 2.28. The van der Waals surface area contributed by atoms with E-state index in [1.54, 1.807) is 0 Å². The third-order valence-electron chi connectivity index (χ3n) is 12.3. The molecule has 426 valence electrons. The average molecular weight is 1060 g/mol. The molecule has 0 spiro atoms. The molecule has 2 N–H and O–H groups in total. The lowest BCUT2D eigenvalue weighted by Crippen LogP contribution is -2.30. The zero-order valence-corrected chi connectivity index (χ0v) is 47.9. The summed E-state index contributed by atoms with van der Waals surface area (Å²) >= 11 is 0. The van der Waals surface area contributed by atoms with Gasteiger partial charge in [0.1, 0.15) is 12.7 Å². The quantitative estimate of drug-likeness (QED) is 0.0197. The molecule has 0 aromatic carbocycles. The number of phosphoric ester groups is 1. The molecule has 11 nitrogen and oxygen atoms in total. The number of esters is 3. The third kappa shape index (κ3) is 53.5. The number of aliphatic hydroxyl groups is 1. The summed E-state index contributed by atoms with van der Waals surface area (Å²) in [5.41, 5.74) is 0. The fraction of sp³-hybridized carbons (Fsp3) is 0.726. The lowest BCUT2D eigenvalue weighted by molar-refractivity contribution is -0.161. The number of phosphoric acid groups is 1. The zero-order valence-electron chi connectivity index (χ0n) is 47.0. The summed E-state index contributed by atoms with van der Waals surface area (Å²) in [6.07, 6.45) is 64.0. The molecule has 0 radical (unpaired) electrons. The van der Waals surface area contributed by atoms with Crippen LogP contribution in [0.25, 0.3) is 0 Å². The molecule has 0 rings (SSSR count). The van der Waals surface area contributed by atoms with Crippen LogP contribution in [0.1, 0.15) is 252 Å². The largest absolute Gasteiger partial charge is 0.472 e. The predicted molar refractivity (Wildman–Crippen MR) is 307 cm³/mol. The summed E-state index contributed by atoms with van der Waals surface area (Å²) in [6, 6.07) is 0. The minimum Gasteiger partial charge on any atom is -0.462 e. The Balaban J connectivity index is 4.80. The molecular formula is C62H107O11P. The maximum Gasteiger partial charge on any atom is 0.472 e. The Morgan fingerprint density at radius 2 is 0.703 bits per heavy atom. The van der Waals surface area contributed by atoms with Crippen molar-refractivity contribution in [2.45, 2.75) is 264 Å². The van der Waals surface area contributed by atoms with E-state index in [1.165, 1.54) is 83.5 Å². The van der Waals surface area contributed by atoms with Crippen molar-refractivity contribution in [2.24, 2.45) is 0 Å². The van der Waals surface area contributed by atoms with E-state index in [2.05, 4.69) is 106 Å². The first-order chi connectivity index (χ1) is 36.2. The first-order valence-corrected chi connectivity index (χ1v) is 31.0. The van der Waals surface area contributed by atoms with E-state index in [0.29, 0.717) is 19.3 Å². The van der Waals surface area contributed by atoms with Crippen LogP contribution in [-0.4, -0.2) is 66.5 Å². The lowest BCUT2D eigenvalue weighted by Gasteiger charge is -2.21. The Labute approximate surface area is 451 Å². The normalized spacial score (nSPS) is 14.0. The summed E-state index contributed by atoms with van der Waals surface area (Å²) in [6.45, 7) is 4.45. The van der Waals surface area contributed by atoms with Crippen LogP contribution in [0.5, 0.6) is 0 Å². The van der Waals surface area contributed by atoms with Crippen LogP contribution in [0.2, 0.25) is 0 Å². The highest BCUT2D eigenvalue weighted by Crippen LogP contribution is 2.43. The van der Waals surface area contributed by atoms with Gasteiger partial charge in [0.05, 0.1) is 19.8 Å². The lowest BCUT2D eigenvalue weighted by atomic mass is 10.0. The van der Waals surface area contributed by atoms with Crippen LogP contribution in [-0.2, 0) is 42.2 Å². The van der Waals surface area contributed by atoms with Crippen LogP contribution >= 0.6 is 7.82 Å². The number of hydrogen-bond acceptors (Lipinski definition) is 10. The van der Waals surface area contributed by atoms with Gasteiger partial charge in [-0.25, -0.2) is 4.57 Å². The fourth-order valence-corrected chi connectivity index (χ4v) is 8.61. The molecule has 0 aliphatic rings. The van der Waals surface area contributed by atoms with Crippen molar-refractivity contribution in [2.75, 3.05) is 26.4 Å². The topological polar surface area (TPSA) is 155 Å². The number of carbonyl (C=O) groups is 3. The number of aliphatic hydroxyl groups excluding tert-OH is 1. The third-order valence-corrected chi connectivity index (χ3v) is 13.3. The number of hydrogen-bond donors (Lipinski definition) is 2. The van der Waals surface area contributed by atoms with Gasteiger partial charge in [-0.1, -0.05) is 221 Å². The first-order valence-electron chi connectivity index (χ1n) is 29.5. The Morgan fingerprint density at radius 3 is 1.14 bits per heavy atom. The molecule has 0 fully saturated rings. The highest BCUT2D eigenvalue weighted by molar-refractivity contribution is 7.47. The SMILES string of the molecule is CC/C=C\C/C=C\C/C=C\C/C=C\CCCCC(=O)OCC(COP(=O)(O)OCC(CO)OC(=O)CCCCCCCCCCCCCCC)OC(=O)CCCCCCCC/C=C\C/C=C\C/C=C\CCCCC. The van der Waals surface area contributed by atoms with Gasteiger partial charge in [-0.15, -0.1) is 0 Å². The van der Waals surface area contributed by atoms with Gasteiger partial charge in [-0.05, 0) is 96.3 Å². The molecule has 0 amide bonds. The molecule has 0 bridgehead atoms. The molecular weight excluding hydrogens is 952 g/mol. The smallest absolute Gasteiger partial charge is 0.462 e. The maximum atomic E-state index is 12.9. The summed E-state index contributed by atoms with van der Waals surface area (Å²) in [5.74, 6) is -1.53. The monoisotopic (exact) mass is 1060 g/mol. The van der Waals surface area contributed by atoms with E-state index in [9.17, 15) is 28.9 Å². The van der Waals surface area contributed by atoms with Crippen LogP contribution in [0.4, 0.5) is 0 Å². The number of allylic oxidation sites excluding steroid dienone is 14. The van der Waals surface area contributed by atoms with Crippen molar-refractivity contribution < 1.29 is 52.2 Å². The van der Waals surface area contributed by atoms with Crippen molar-refractivity contribution in [1.29, 1.82) is 0 Å². The Bertz CT molecular complexity index is 1560. The fourth-order valence-electron chi connectivity index (χ4n) is 7.82. The second-order valence-corrected chi connectivity index (χ2v) is 20.9. The van der Waals surface area contributed by atoms with Crippen LogP contribution in [0.15, 0.2) is 85.1 Å². The Hall–Kier alpha value is -3.34. The van der Waals surface area contributed by atoms with Gasteiger partial charge >= 0.3 is 25.7 Å². The van der Waals surface area contributed by atoms with Crippen LogP contribution < -0.4 is 0 Å². The van der Waals surface area contributed by atoms with E-state index in [0.717, 1.165) is 109 Å². The second-order valence-electron chi connectivity index (χ2n) is 19.4. The standard InChI is InChI=1S/C62H107O11P/c1-4-7-10-13-16-19-22-25-27-28-29-30-32-35-38-41-44-47-50-53-62(66)73-59(55-69-60(64)51-48-45-42-39-36-34-31-26-23-20-17-14-11-8-5-2)57-71-74(67,68)70-56-58(54-63)72-61(65)52-49-46-43-40-37-33-24-21-18-15-12-9-6-3/h8,11,16-17,19-20,25-27,29-31,36,39,58-59,63H,4-7,9-10,12-15,18,21-24,28,32-35,37-38,40-57H2,1-3H3,(H,67,68)/b11-8-,19-16-,20-17-,27-25-,30-29-,31-26-,39-36-. The van der Waals surface area contributed by atoms with Gasteiger partial charge in [0.15, 0.2) is 6.10 Å². The molecule has 3 atom stereocenters. The minimum atomic E-state index is -4.76. The van der Waals surface area contributed by atoms with Gasteiger partial charge in [0.25, 0.3) is 0 Å². The van der Waals surface area contributed by atoms with Gasteiger partial charge in [0, 0.05) is 19.3 Å². The number of carbonyl (C=O) groups excluding carboxylic acids is 3. The summed E-state index contributed by atoms with van der Waals surface area (Å²) in [5, 5.41) is 9.81. The van der Waals surface area contributed by atoms with Crippen molar-refractivity contribution in [1.82, 2.24) is 0 Å². The van der Waals surface area contributed by atoms with Gasteiger partial charge in [-0.2, -0.15) is 0 Å². The van der Waals surface area contributed by atoms with E-state index in [4.69, 9.17) is 23.3 Å². The molecule has 0 aliphatic heterocycles. The van der Waals surface area contributed by atoms with Crippen molar-refractivity contribution in [3.05, 3.63) is 85.1 Å². The maximum absolute atomic E-state index is 12.9. The summed E-state index contributed by atoms with van der Waals surface area (Å²) in [4.78, 5) is 48.5. The average Bonchev–Trinajstić information content (AvgIpc) is 3.39. The molecule has 74 heavy (non-hydrogen) atoms. The van der Waals surface area contributed by atoms with Crippen molar-refractivity contribution in [3.63, 3.8) is 0 Å². The van der Waals surface area contributed by atoms with E-state index < -0.39 is 57.8 Å². The van der Waals surface area contributed by atoms with Gasteiger partial charge < -0.3 is 24.2 Å². The molecule has 0 aromatic heterocycles. The van der Waals surface area contributed by atoms with Crippen LogP contribution in [0, 0.1) is 0 Å². The molecule has 0 saturated carbocycles. The molecule has 0 heterocycles. The summed E-state index contributed by atoms with van der Waals surface area (Å²) < 4.78 is 39.5. The highest BCUT2D eigenvalue weighted by atomic mass is 31.2. The molecule has 12 heteroatoms. The zero-order chi connectivity index (χ0) is 54.1.